The molecule has 3 heterocycles. The van der Waals surface area contributed by atoms with Gasteiger partial charge in [0.1, 0.15) is 11.5 Å². The van der Waals surface area contributed by atoms with Crippen LogP contribution in [-0.4, -0.2) is 4.57 Å². The number of allylic oxidation sites excluding steroid dienone is 10. The number of hydrogen-bond donors (Lipinski definition) is 0. The molecule has 0 saturated heterocycles. The van der Waals surface area contributed by atoms with Crippen molar-refractivity contribution in [2.45, 2.75) is 44.9 Å². The zero-order valence-corrected chi connectivity index (χ0v) is 39.4. The first-order valence-electron chi connectivity index (χ1n) is 22.8. The van der Waals surface area contributed by atoms with E-state index < -0.39 is 0 Å². The SMILES string of the molecule is C=C1/C=C\C=C/Oc2c1cccc2-c1cc[c-]cc1.C=C1/C=C\C=C/Oc2ccc(-c3cc[c-]cc3)cc21.CC1(C)c2ccccc2-c2ccc(-n3c4c(c5c3C=CCC5)CCC=C4)cc21.[V+2]. The second kappa shape index (κ2) is 19.7. The van der Waals surface area contributed by atoms with Crippen LogP contribution in [0.15, 0.2) is 202 Å². The van der Waals surface area contributed by atoms with Crippen LogP contribution in [0.1, 0.15) is 71.5 Å². The Morgan fingerprint density at radius 1 is 0.522 bits per heavy atom. The van der Waals surface area contributed by atoms with Crippen molar-refractivity contribution in [3.05, 3.63) is 259 Å². The number of aromatic nitrogens is 1. The third kappa shape index (κ3) is 8.89. The van der Waals surface area contributed by atoms with Gasteiger partial charge in [-0.05, 0) is 124 Å². The predicted octanol–water partition coefficient (Wildman–Crippen LogP) is 16.0. The van der Waals surface area contributed by atoms with Gasteiger partial charge in [0.25, 0.3) is 0 Å². The second-order valence-corrected chi connectivity index (χ2v) is 17.5. The molecule has 5 aliphatic rings. The summed E-state index contributed by atoms with van der Waals surface area (Å²) >= 11 is 0. The van der Waals surface area contributed by atoms with Crippen molar-refractivity contribution in [2.75, 3.05) is 0 Å². The Balaban J connectivity index is 0.000000129. The number of ether oxygens (including phenoxy) is 2. The zero-order valence-electron chi connectivity index (χ0n) is 38.0. The van der Waals surface area contributed by atoms with Gasteiger partial charge in [0.05, 0.1) is 12.5 Å². The van der Waals surface area contributed by atoms with Gasteiger partial charge < -0.3 is 14.0 Å². The van der Waals surface area contributed by atoms with Gasteiger partial charge in [-0.25, -0.2) is 0 Å². The first kappa shape index (κ1) is 44.9. The Morgan fingerprint density at radius 3 is 1.82 bits per heavy atom. The van der Waals surface area contributed by atoms with Crippen LogP contribution in [0, 0.1) is 12.1 Å². The fourth-order valence-electron chi connectivity index (χ4n) is 9.76. The Morgan fingerprint density at radius 2 is 1.12 bits per heavy atom. The second-order valence-electron chi connectivity index (χ2n) is 17.5. The number of rotatable bonds is 3. The van der Waals surface area contributed by atoms with E-state index in [0.717, 1.165) is 56.0 Å². The van der Waals surface area contributed by atoms with Crippen LogP contribution in [0.3, 0.4) is 0 Å². The molecule has 0 bridgehead atoms. The first-order valence-corrected chi connectivity index (χ1v) is 22.8. The third-order valence-corrected chi connectivity index (χ3v) is 13.1. The standard InChI is InChI=1S/C27H25N.2C18H13O.V/c1-27(2)23-12-6-3-9-19(23)20-16-15-18(17-24(20)27)28-25-13-7-4-10-21(25)22-11-5-8-14-26(22)28;1-14-8-5-6-13-19-18-16(14)11-7-12-17(18)15-9-3-2-4-10-15;1-14-7-5-6-12-19-18-11-10-16(13-17(14)18)15-8-3-2-4-9-15;/h3,6-9,12-17H,4-5,10-11H2,1-2H3;2*3-13H,1H2;/q;2*-1;+2/b;8-5-,13-6-;7-5-,12-6-;. The third-order valence-electron chi connectivity index (χ3n) is 13.1. The molecule has 6 aromatic carbocycles. The zero-order chi connectivity index (χ0) is 45.0. The van der Waals surface area contributed by atoms with Gasteiger partial charge in [-0.2, -0.15) is 60.7 Å². The molecule has 12 rings (SSSR count). The molecule has 3 nitrogen and oxygen atoms in total. The quantitative estimate of drug-likeness (QED) is 0.165. The molecule has 1 aromatic heterocycles. The van der Waals surface area contributed by atoms with Gasteiger partial charge in [-0.15, -0.1) is 11.1 Å². The minimum Gasteiger partial charge on any atom is -0.464 e. The monoisotopic (exact) mass is 904 g/mol. The Labute approximate surface area is 407 Å². The Kier molecular flexibility index (Phi) is 13.2. The molecule has 325 valence electrons. The largest absolute Gasteiger partial charge is 2.00 e. The van der Waals surface area contributed by atoms with E-state index in [1.165, 1.54) is 65.0 Å². The summed E-state index contributed by atoms with van der Waals surface area (Å²) in [5, 5.41) is 0. The molecule has 0 spiro atoms. The molecule has 0 amide bonds. The topological polar surface area (TPSA) is 23.4 Å². The average Bonchev–Trinajstić information content (AvgIpc) is 3.81. The smallest absolute Gasteiger partial charge is 0.464 e. The van der Waals surface area contributed by atoms with Crippen LogP contribution in [0.5, 0.6) is 11.5 Å². The number of fused-ring (bicyclic) bond motifs is 8. The summed E-state index contributed by atoms with van der Waals surface area (Å²) in [5.41, 5.74) is 21.4. The van der Waals surface area contributed by atoms with Crippen molar-refractivity contribution in [3.8, 4) is 50.6 Å². The van der Waals surface area contributed by atoms with Crippen LogP contribution < -0.4 is 9.47 Å². The maximum Gasteiger partial charge on any atom is 2.00 e. The maximum absolute atomic E-state index is 5.78. The van der Waals surface area contributed by atoms with Crippen molar-refractivity contribution < 1.29 is 28.0 Å². The van der Waals surface area contributed by atoms with E-state index in [4.69, 9.17) is 9.47 Å². The number of hydrogen-bond acceptors (Lipinski definition) is 2. The molecule has 0 atom stereocenters. The van der Waals surface area contributed by atoms with Crippen LogP contribution in [-0.2, 0) is 36.8 Å². The van der Waals surface area contributed by atoms with E-state index in [1.807, 2.05) is 103 Å². The number of benzene rings is 6. The molecule has 0 unspecified atom stereocenters. The van der Waals surface area contributed by atoms with Crippen molar-refractivity contribution in [1.82, 2.24) is 4.57 Å². The molecule has 3 aliphatic carbocycles. The maximum atomic E-state index is 5.78. The number of nitrogens with zero attached hydrogens (tertiary/aromatic N) is 1. The van der Waals surface area contributed by atoms with Crippen molar-refractivity contribution in [2.24, 2.45) is 0 Å². The normalized spacial score (nSPS) is 16.9. The molecule has 2 aliphatic heterocycles. The molecule has 0 N–H and O–H groups in total. The summed E-state index contributed by atoms with van der Waals surface area (Å²) in [6.45, 7) is 12.9. The molecule has 0 fully saturated rings. The fraction of sp³-hybridized carbons (Fsp3) is 0.111. The Hall–Kier alpha value is -7.30. The average molecular weight is 905 g/mol. The van der Waals surface area contributed by atoms with Crippen LogP contribution in [0.2, 0.25) is 0 Å². The van der Waals surface area contributed by atoms with Crippen LogP contribution in [0.4, 0.5) is 0 Å². The van der Waals surface area contributed by atoms with Crippen LogP contribution >= 0.6 is 0 Å². The van der Waals surface area contributed by atoms with Gasteiger partial charge in [-0.3, -0.25) is 0 Å². The van der Waals surface area contributed by atoms with Crippen molar-refractivity contribution >= 4 is 23.3 Å². The van der Waals surface area contributed by atoms with Gasteiger partial charge in [-0.1, -0.05) is 118 Å². The molecule has 1 radical (unpaired) electrons. The van der Waals surface area contributed by atoms with E-state index >= 15 is 0 Å². The van der Waals surface area contributed by atoms with Crippen molar-refractivity contribution in [3.63, 3.8) is 0 Å². The van der Waals surface area contributed by atoms with E-state index in [-0.39, 0.29) is 24.0 Å². The fourth-order valence-corrected chi connectivity index (χ4v) is 9.76. The van der Waals surface area contributed by atoms with E-state index in [9.17, 15) is 0 Å². The molecular formula is C63H51NO2V. The van der Waals surface area contributed by atoms with E-state index in [1.54, 1.807) is 23.7 Å². The summed E-state index contributed by atoms with van der Waals surface area (Å²) in [6.07, 6.45) is 29.0. The molecular weight excluding hydrogens is 854 g/mol. The Bertz CT molecular complexity index is 3130. The van der Waals surface area contributed by atoms with E-state index in [0.29, 0.717) is 0 Å². The number of para-hydroxylation sites is 1. The molecule has 7 aromatic rings. The van der Waals surface area contributed by atoms with Gasteiger partial charge in [0, 0.05) is 39.2 Å². The van der Waals surface area contributed by atoms with E-state index in [2.05, 4.69) is 129 Å². The first-order chi connectivity index (χ1) is 32.4. The summed E-state index contributed by atoms with van der Waals surface area (Å²) in [5.74, 6) is 1.68. The molecule has 0 saturated carbocycles. The summed E-state index contributed by atoms with van der Waals surface area (Å²) in [4.78, 5) is 0. The summed E-state index contributed by atoms with van der Waals surface area (Å²) < 4.78 is 13.9. The van der Waals surface area contributed by atoms with Crippen LogP contribution in [0.25, 0.3) is 62.4 Å². The summed E-state index contributed by atoms with van der Waals surface area (Å²) in [7, 11) is 0. The van der Waals surface area contributed by atoms with Gasteiger partial charge in [0.2, 0.25) is 0 Å². The minimum absolute atomic E-state index is 0. The molecule has 67 heavy (non-hydrogen) atoms. The summed E-state index contributed by atoms with van der Waals surface area (Å²) in [6, 6.07) is 50.1. The predicted molar refractivity (Wildman–Crippen MR) is 275 cm³/mol. The van der Waals surface area contributed by atoms with Gasteiger partial charge in [0.15, 0.2) is 0 Å². The van der Waals surface area contributed by atoms with Gasteiger partial charge >= 0.3 is 18.6 Å². The van der Waals surface area contributed by atoms with Crippen molar-refractivity contribution in [1.29, 1.82) is 0 Å². The molecule has 4 heteroatoms. The minimum atomic E-state index is 0.